The summed E-state index contributed by atoms with van der Waals surface area (Å²) in [5.41, 5.74) is 3.24. The number of sulfonamides is 1. The van der Waals surface area contributed by atoms with Crippen LogP contribution >= 0.6 is 0 Å². The van der Waals surface area contributed by atoms with E-state index in [1.165, 1.54) is 32.4 Å². The van der Waals surface area contributed by atoms with Gasteiger partial charge in [0.05, 0.1) is 31.9 Å². The summed E-state index contributed by atoms with van der Waals surface area (Å²) in [6.45, 7) is 3.79. The molecule has 0 aliphatic carbocycles. The summed E-state index contributed by atoms with van der Waals surface area (Å²) in [5, 5.41) is 13.5. The molecule has 0 aromatic heterocycles. The van der Waals surface area contributed by atoms with Crippen molar-refractivity contribution < 1.29 is 27.8 Å². The molecule has 162 valence electrons. The zero-order valence-electron chi connectivity index (χ0n) is 17.2. The molecule has 30 heavy (non-hydrogen) atoms. The predicted molar refractivity (Wildman–Crippen MR) is 115 cm³/mol. The Morgan fingerprint density at radius 2 is 1.93 bits per heavy atom. The third-order valence-corrected chi connectivity index (χ3v) is 5.32. The number of hydrazone groups is 1. The number of phenolic OH excluding ortho intramolecular Hbond substituents is 1. The largest absolute Gasteiger partial charge is 0.504 e. The second kappa shape index (κ2) is 9.97. The molecule has 0 radical (unpaired) electrons. The van der Waals surface area contributed by atoms with E-state index >= 15 is 0 Å². The lowest BCUT2D eigenvalue weighted by atomic mass is 10.2. The fourth-order valence-corrected chi connectivity index (χ4v) is 3.88. The Bertz CT molecular complexity index is 1010. The molecule has 1 atom stereocenters. The van der Waals surface area contributed by atoms with Gasteiger partial charge < -0.3 is 14.6 Å². The van der Waals surface area contributed by atoms with Gasteiger partial charge in [0.1, 0.15) is 11.8 Å². The maximum absolute atomic E-state index is 12.5. The lowest BCUT2D eigenvalue weighted by Gasteiger charge is -2.27. The minimum Gasteiger partial charge on any atom is -0.504 e. The fourth-order valence-electron chi connectivity index (χ4n) is 2.70. The zero-order valence-corrected chi connectivity index (χ0v) is 18.0. The van der Waals surface area contributed by atoms with Crippen LogP contribution in [0.2, 0.25) is 0 Å². The number of anilines is 1. The van der Waals surface area contributed by atoms with Crippen LogP contribution in [0.3, 0.4) is 0 Å². The molecule has 0 saturated carbocycles. The molecule has 0 aliphatic heterocycles. The average molecular weight is 436 g/mol. The van der Waals surface area contributed by atoms with Crippen LogP contribution in [-0.4, -0.2) is 51.7 Å². The standard InChI is InChI=1S/C20H25N3O6S/c1-5-29-17-9-7-16(8-10-17)23(30(4,26)27)14(2)20(25)22-21-13-15-6-11-18(24)19(12-15)28-3/h6-14,24H,5H2,1-4H3,(H,22,25)/b21-13-/t14-/m1/s1. The number of aromatic hydroxyl groups is 1. The van der Waals surface area contributed by atoms with Crippen molar-refractivity contribution >= 4 is 27.8 Å². The van der Waals surface area contributed by atoms with Crippen molar-refractivity contribution in [3.63, 3.8) is 0 Å². The van der Waals surface area contributed by atoms with Crippen LogP contribution in [0, 0.1) is 0 Å². The minimum atomic E-state index is -3.74. The third kappa shape index (κ3) is 5.86. The maximum Gasteiger partial charge on any atom is 0.263 e. The molecule has 2 rings (SSSR count). The SMILES string of the molecule is CCOc1ccc(N([C@H](C)C(=O)N/N=C\c2ccc(O)c(OC)c2)S(C)(=O)=O)cc1. The van der Waals surface area contributed by atoms with E-state index in [4.69, 9.17) is 9.47 Å². The van der Waals surface area contributed by atoms with Gasteiger partial charge in [-0.05, 0) is 61.9 Å². The van der Waals surface area contributed by atoms with Gasteiger partial charge in [0.2, 0.25) is 10.0 Å². The van der Waals surface area contributed by atoms with Crippen LogP contribution in [0.25, 0.3) is 0 Å². The number of ether oxygens (including phenoxy) is 2. The molecule has 2 aromatic rings. The molecule has 0 spiro atoms. The van der Waals surface area contributed by atoms with Gasteiger partial charge in [0.25, 0.3) is 5.91 Å². The van der Waals surface area contributed by atoms with Crippen molar-refractivity contribution in [3.8, 4) is 17.2 Å². The summed E-state index contributed by atoms with van der Waals surface area (Å²) in [6, 6.07) is 9.92. The number of nitrogens with zero attached hydrogens (tertiary/aromatic N) is 2. The molecule has 0 unspecified atom stereocenters. The Hall–Kier alpha value is -3.27. The summed E-state index contributed by atoms with van der Waals surface area (Å²) < 4.78 is 36.0. The van der Waals surface area contributed by atoms with Crippen LogP contribution < -0.4 is 19.2 Å². The third-order valence-electron chi connectivity index (χ3n) is 4.08. The van der Waals surface area contributed by atoms with Crippen LogP contribution in [-0.2, 0) is 14.8 Å². The molecule has 0 heterocycles. The average Bonchev–Trinajstić information content (AvgIpc) is 2.69. The lowest BCUT2D eigenvalue weighted by molar-refractivity contribution is -0.121. The highest BCUT2D eigenvalue weighted by Crippen LogP contribution is 2.26. The second-order valence-corrected chi connectivity index (χ2v) is 8.19. The summed E-state index contributed by atoms with van der Waals surface area (Å²) in [5.74, 6) is 0.223. The highest BCUT2D eigenvalue weighted by atomic mass is 32.2. The van der Waals surface area contributed by atoms with E-state index < -0.39 is 22.0 Å². The van der Waals surface area contributed by atoms with Gasteiger partial charge >= 0.3 is 0 Å². The number of rotatable bonds is 9. The van der Waals surface area contributed by atoms with Gasteiger partial charge in [-0.2, -0.15) is 5.10 Å². The van der Waals surface area contributed by atoms with Crippen molar-refractivity contribution in [2.24, 2.45) is 5.10 Å². The van der Waals surface area contributed by atoms with E-state index in [1.807, 2.05) is 6.92 Å². The maximum atomic E-state index is 12.5. The number of methoxy groups -OCH3 is 1. The lowest BCUT2D eigenvalue weighted by Crippen LogP contribution is -2.46. The molecule has 0 fully saturated rings. The number of nitrogens with one attached hydrogen (secondary N) is 1. The van der Waals surface area contributed by atoms with Gasteiger partial charge in [0, 0.05) is 0 Å². The van der Waals surface area contributed by atoms with E-state index in [0.717, 1.165) is 10.6 Å². The molecule has 1 amide bonds. The first-order valence-electron chi connectivity index (χ1n) is 9.09. The van der Waals surface area contributed by atoms with Crippen molar-refractivity contribution in [2.45, 2.75) is 19.9 Å². The summed E-state index contributed by atoms with van der Waals surface area (Å²) in [7, 11) is -2.33. The first kappa shape index (κ1) is 23.0. The quantitative estimate of drug-likeness (QED) is 0.460. The second-order valence-electron chi connectivity index (χ2n) is 6.33. The normalized spacial score (nSPS) is 12.4. The van der Waals surface area contributed by atoms with E-state index in [-0.39, 0.29) is 11.5 Å². The molecular weight excluding hydrogens is 410 g/mol. The number of hydrogen-bond donors (Lipinski definition) is 2. The van der Waals surface area contributed by atoms with Crippen molar-refractivity contribution in [3.05, 3.63) is 48.0 Å². The number of benzene rings is 2. The number of phenols is 1. The van der Waals surface area contributed by atoms with Crippen molar-refractivity contribution in [1.82, 2.24) is 5.43 Å². The summed E-state index contributed by atoms with van der Waals surface area (Å²) in [4.78, 5) is 12.5. The van der Waals surface area contributed by atoms with E-state index in [1.54, 1.807) is 30.3 Å². The van der Waals surface area contributed by atoms with Crippen LogP contribution in [0.1, 0.15) is 19.4 Å². The van der Waals surface area contributed by atoms with Crippen LogP contribution in [0.15, 0.2) is 47.6 Å². The highest BCUT2D eigenvalue weighted by Gasteiger charge is 2.29. The Morgan fingerprint density at radius 1 is 1.27 bits per heavy atom. The van der Waals surface area contributed by atoms with Gasteiger partial charge in [-0.1, -0.05) is 0 Å². The smallest absolute Gasteiger partial charge is 0.263 e. The highest BCUT2D eigenvalue weighted by molar-refractivity contribution is 7.92. The number of carbonyl (C=O) groups excluding carboxylic acids is 1. The molecule has 2 N–H and O–H groups in total. The molecule has 2 aromatic carbocycles. The molecule has 10 heteroatoms. The molecule has 0 bridgehead atoms. The fraction of sp³-hybridized carbons (Fsp3) is 0.300. The molecule has 0 saturated heterocycles. The Kier molecular flexibility index (Phi) is 7.65. The van der Waals surface area contributed by atoms with E-state index in [0.29, 0.717) is 23.6 Å². The number of carbonyl (C=O) groups is 1. The van der Waals surface area contributed by atoms with Crippen molar-refractivity contribution in [1.29, 1.82) is 0 Å². The van der Waals surface area contributed by atoms with Crippen molar-refractivity contribution in [2.75, 3.05) is 24.3 Å². The topological polar surface area (TPSA) is 118 Å². The van der Waals surface area contributed by atoms with Gasteiger partial charge in [0.15, 0.2) is 11.5 Å². The molecular formula is C20H25N3O6S. The van der Waals surface area contributed by atoms with E-state index in [9.17, 15) is 18.3 Å². The summed E-state index contributed by atoms with van der Waals surface area (Å²) in [6.07, 6.45) is 2.38. The summed E-state index contributed by atoms with van der Waals surface area (Å²) >= 11 is 0. The number of amides is 1. The minimum absolute atomic E-state index is 0.0218. The predicted octanol–water partition coefficient (Wildman–Crippen LogP) is 2.10. The van der Waals surface area contributed by atoms with Gasteiger partial charge in [-0.15, -0.1) is 0 Å². The Balaban J connectivity index is 2.15. The Morgan fingerprint density at radius 3 is 2.50 bits per heavy atom. The first-order valence-corrected chi connectivity index (χ1v) is 10.9. The van der Waals surface area contributed by atoms with Gasteiger partial charge in [-0.25, -0.2) is 13.8 Å². The first-order chi connectivity index (χ1) is 14.2. The van der Waals surface area contributed by atoms with Gasteiger partial charge in [-0.3, -0.25) is 9.10 Å². The zero-order chi connectivity index (χ0) is 22.3. The molecule has 9 nitrogen and oxygen atoms in total. The van der Waals surface area contributed by atoms with Crippen LogP contribution in [0.5, 0.6) is 17.2 Å². The monoisotopic (exact) mass is 435 g/mol. The Labute approximate surface area is 176 Å². The molecule has 0 aliphatic rings. The van der Waals surface area contributed by atoms with Crippen LogP contribution in [0.4, 0.5) is 5.69 Å². The number of hydrogen-bond acceptors (Lipinski definition) is 7. The van der Waals surface area contributed by atoms with E-state index in [2.05, 4.69) is 10.5 Å².